The molecule has 1 N–H and O–H groups in total. The Morgan fingerprint density at radius 3 is 1.96 bits per heavy atom. The number of ether oxygens (including phenoxy) is 1. The average Bonchev–Trinajstić information content (AvgIpc) is 2.54. The van der Waals surface area contributed by atoms with Gasteiger partial charge < -0.3 is 4.74 Å². The van der Waals surface area contributed by atoms with Gasteiger partial charge in [-0.05, 0) is 58.4 Å². The monoisotopic (exact) mass is 372 g/mol. The Balaban J connectivity index is 3.19. The first-order valence-corrected chi connectivity index (χ1v) is 9.81. The topological polar surface area (TPSA) is 87.2 Å². The van der Waals surface area contributed by atoms with Gasteiger partial charge in [0.25, 0.3) is 5.91 Å². The summed E-state index contributed by atoms with van der Waals surface area (Å²) in [7, 11) is -2.45. The van der Waals surface area contributed by atoms with Gasteiger partial charge >= 0.3 is 0 Å². The van der Waals surface area contributed by atoms with E-state index in [1.54, 1.807) is 6.92 Å². The summed E-state index contributed by atoms with van der Waals surface area (Å²) in [5.74, 6) is -0.339. The van der Waals surface area contributed by atoms with Crippen molar-refractivity contribution in [3.05, 3.63) is 24.3 Å². The van der Waals surface area contributed by atoms with Crippen molar-refractivity contribution >= 4 is 15.7 Å². The van der Waals surface area contributed by atoms with Crippen LogP contribution >= 0.6 is 0 Å². The van der Waals surface area contributed by atoms with E-state index in [0.717, 1.165) is 0 Å². The molecule has 1 atom stereocenters. The lowest BCUT2D eigenvalue weighted by molar-refractivity contribution is -0.256. The number of hydrogen-bond acceptors (Lipinski definition) is 6. The summed E-state index contributed by atoms with van der Waals surface area (Å²) in [6, 6.07) is 5.50. The summed E-state index contributed by atoms with van der Waals surface area (Å²) in [5, 5.41) is 10.9. The first-order chi connectivity index (χ1) is 11.6. The quantitative estimate of drug-likeness (QED) is 0.557. The molecule has 1 rings (SSSR count). The van der Waals surface area contributed by atoms with Crippen LogP contribution in [0.1, 0.15) is 41.0 Å². The molecule has 8 heteroatoms. The molecule has 0 bridgehead atoms. The average molecular weight is 372 g/mol. The van der Waals surface area contributed by atoms with E-state index in [-0.39, 0.29) is 23.4 Å². The third kappa shape index (κ3) is 4.71. The van der Waals surface area contributed by atoms with Crippen molar-refractivity contribution in [3.63, 3.8) is 0 Å². The minimum absolute atomic E-state index is 0.0162. The number of hydrazine groups is 1. The van der Waals surface area contributed by atoms with Gasteiger partial charge in [0.2, 0.25) is 0 Å². The first kappa shape index (κ1) is 21.4. The fourth-order valence-corrected chi connectivity index (χ4v) is 4.38. The smallest absolute Gasteiger partial charge is 0.280 e. The van der Waals surface area contributed by atoms with E-state index in [1.165, 1.54) is 36.4 Å². The number of benzene rings is 1. The van der Waals surface area contributed by atoms with Crippen molar-refractivity contribution in [1.82, 2.24) is 10.2 Å². The number of amides is 1. The number of rotatable bonds is 8. The Bertz CT molecular complexity index is 663. The number of methoxy groups -OCH3 is 1. The molecule has 0 aromatic heterocycles. The summed E-state index contributed by atoms with van der Waals surface area (Å²) in [6.07, 6.45) is 0.0499. The first-order valence-electron chi connectivity index (χ1n) is 8.26. The van der Waals surface area contributed by atoms with Gasteiger partial charge in [0, 0.05) is 12.1 Å². The zero-order valence-corrected chi connectivity index (χ0v) is 16.4. The summed E-state index contributed by atoms with van der Waals surface area (Å²) >= 11 is 0. The number of carbonyl (C=O) groups excluding carboxylic acids is 1. The molecule has 0 aliphatic carbocycles. The molecule has 0 saturated carbocycles. The highest BCUT2D eigenvalue weighted by molar-refractivity contribution is 7.92. The third-order valence-corrected chi connectivity index (χ3v) is 6.10. The normalized spacial score (nSPS) is 13.4. The lowest BCUT2D eigenvalue weighted by Gasteiger charge is -2.37. The zero-order chi connectivity index (χ0) is 19.4. The number of hydrogen-bond donors (Lipinski definition) is 1. The lowest BCUT2D eigenvalue weighted by atomic mass is 10.2. The van der Waals surface area contributed by atoms with Crippen LogP contribution in [0.5, 0.6) is 5.75 Å². The summed E-state index contributed by atoms with van der Waals surface area (Å²) < 4.78 is 30.7. The van der Waals surface area contributed by atoms with E-state index in [4.69, 9.17) is 4.74 Å². The third-order valence-electron chi connectivity index (χ3n) is 3.88. The molecule has 142 valence electrons. The molecule has 1 aromatic carbocycles. The van der Waals surface area contributed by atoms with Crippen molar-refractivity contribution in [2.75, 3.05) is 7.11 Å². The van der Waals surface area contributed by atoms with Crippen molar-refractivity contribution in [1.29, 1.82) is 0 Å². The van der Waals surface area contributed by atoms with Crippen LogP contribution in [0, 0.1) is 0 Å². The van der Waals surface area contributed by atoms with Crippen molar-refractivity contribution in [2.24, 2.45) is 0 Å². The van der Waals surface area contributed by atoms with Crippen LogP contribution in [0.3, 0.4) is 0 Å². The van der Waals surface area contributed by atoms with Gasteiger partial charge in [0.1, 0.15) is 11.0 Å². The molecule has 0 saturated heterocycles. The van der Waals surface area contributed by atoms with Crippen LogP contribution in [-0.2, 0) is 14.6 Å². The lowest BCUT2D eigenvalue weighted by Crippen LogP contribution is -2.55. The highest BCUT2D eigenvalue weighted by atomic mass is 32.2. The highest BCUT2D eigenvalue weighted by Gasteiger charge is 2.38. The molecule has 1 amide bonds. The number of sulfone groups is 1. The van der Waals surface area contributed by atoms with Crippen molar-refractivity contribution in [2.45, 2.75) is 63.3 Å². The standard InChI is InChI=1S/C17H28N2O5S/c1-7-16(17(20)19(21)18(12(2)3)13(4)5)25(22,23)15-10-8-14(24-6)9-11-15/h8-13,16,21H,7H2,1-6H3. The van der Waals surface area contributed by atoms with E-state index in [2.05, 4.69) is 0 Å². The molecular weight excluding hydrogens is 344 g/mol. The van der Waals surface area contributed by atoms with Gasteiger partial charge in [0.15, 0.2) is 9.84 Å². The fraction of sp³-hybridized carbons (Fsp3) is 0.588. The van der Waals surface area contributed by atoms with E-state index in [0.29, 0.717) is 10.9 Å². The van der Waals surface area contributed by atoms with Crippen LogP contribution in [-0.4, -0.2) is 54.2 Å². The van der Waals surface area contributed by atoms with Crippen LogP contribution < -0.4 is 4.74 Å². The van der Waals surface area contributed by atoms with Crippen LogP contribution in [0.2, 0.25) is 0 Å². The molecule has 0 heterocycles. The summed E-state index contributed by atoms with van der Waals surface area (Å²) in [5.41, 5.74) is 0. The minimum Gasteiger partial charge on any atom is -0.497 e. The molecule has 0 spiro atoms. The molecule has 1 unspecified atom stereocenters. The van der Waals surface area contributed by atoms with Crippen LogP contribution in [0.4, 0.5) is 0 Å². The maximum absolute atomic E-state index is 12.9. The second kappa shape index (κ2) is 8.64. The molecule has 0 aliphatic heterocycles. The Morgan fingerprint density at radius 1 is 1.12 bits per heavy atom. The van der Waals surface area contributed by atoms with Crippen LogP contribution in [0.15, 0.2) is 29.2 Å². The Kier molecular flexibility index (Phi) is 7.40. The minimum atomic E-state index is -3.94. The van der Waals surface area contributed by atoms with Gasteiger partial charge in [-0.3, -0.25) is 10.0 Å². The molecule has 0 fully saturated rings. The molecule has 25 heavy (non-hydrogen) atoms. The van der Waals surface area contributed by atoms with E-state index in [1.807, 2.05) is 27.7 Å². The largest absolute Gasteiger partial charge is 0.497 e. The number of carbonyl (C=O) groups is 1. The van der Waals surface area contributed by atoms with Gasteiger partial charge in [-0.2, -0.15) is 5.01 Å². The molecule has 1 aromatic rings. The maximum atomic E-state index is 12.9. The van der Waals surface area contributed by atoms with Gasteiger partial charge in [-0.1, -0.05) is 6.92 Å². The number of hydroxylamine groups is 1. The Hall–Kier alpha value is -1.64. The second-order valence-corrected chi connectivity index (χ2v) is 8.44. The predicted molar refractivity (Wildman–Crippen MR) is 95.0 cm³/mol. The van der Waals surface area contributed by atoms with Gasteiger partial charge in [-0.25, -0.2) is 8.42 Å². The maximum Gasteiger partial charge on any atom is 0.280 e. The predicted octanol–water partition coefficient (Wildman–Crippen LogP) is 2.50. The molecule has 0 radical (unpaired) electrons. The highest BCUT2D eigenvalue weighted by Crippen LogP contribution is 2.23. The molecule has 7 nitrogen and oxygen atoms in total. The SMILES string of the molecule is CCC(C(=O)N(O)N(C(C)C)C(C)C)S(=O)(=O)c1ccc(OC)cc1. The van der Waals surface area contributed by atoms with E-state index in [9.17, 15) is 18.4 Å². The Labute approximate surface area is 150 Å². The second-order valence-electron chi connectivity index (χ2n) is 6.31. The summed E-state index contributed by atoms with van der Waals surface area (Å²) in [4.78, 5) is 12.7. The van der Waals surface area contributed by atoms with Crippen LogP contribution in [0.25, 0.3) is 0 Å². The Morgan fingerprint density at radius 2 is 1.60 bits per heavy atom. The number of nitrogens with zero attached hydrogens (tertiary/aromatic N) is 2. The van der Waals surface area contributed by atoms with E-state index < -0.39 is 21.0 Å². The molecule has 0 aliphatic rings. The van der Waals surface area contributed by atoms with Crippen molar-refractivity contribution in [3.8, 4) is 5.75 Å². The van der Waals surface area contributed by atoms with Gasteiger partial charge in [0.05, 0.1) is 12.0 Å². The van der Waals surface area contributed by atoms with E-state index >= 15 is 0 Å². The van der Waals surface area contributed by atoms with Crippen molar-refractivity contribution < 1.29 is 23.2 Å². The van der Waals surface area contributed by atoms with Gasteiger partial charge in [-0.15, -0.1) is 5.17 Å². The zero-order valence-electron chi connectivity index (χ0n) is 15.6. The molecular formula is C17H28N2O5S. The summed E-state index contributed by atoms with van der Waals surface area (Å²) in [6.45, 7) is 8.86. The fourth-order valence-electron chi connectivity index (χ4n) is 2.73.